The summed E-state index contributed by atoms with van der Waals surface area (Å²) in [7, 11) is 3.26. The fourth-order valence-electron chi connectivity index (χ4n) is 2.89. The minimum absolute atomic E-state index is 0.0652. The van der Waals surface area contributed by atoms with Crippen LogP contribution >= 0.6 is 11.8 Å². The zero-order valence-corrected chi connectivity index (χ0v) is 17.2. The third-order valence-corrected chi connectivity index (χ3v) is 5.35. The molecule has 0 aromatic heterocycles. The van der Waals surface area contributed by atoms with E-state index in [4.69, 9.17) is 14.6 Å². The second-order valence-corrected chi connectivity index (χ2v) is 7.38. The smallest absolute Gasteiger partial charge is 0.313 e. The first-order valence-corrected chi connectivity index (χ1v) is 10.1. The summed E-state index contributed by atoms with van der Waals surface area (Å²) in [5.41, 5.74) is 4.30. The summed E-state index contributed by atoms with van der Waals surface area (Å²) in [5, 5.41) is 12.2. The Hall–Kier alpha value is -3.12. The third-order valence-electron chi connectivity index (χ3n) is 4.36. The number of benzene rings is 3. The molecule has 3 rings (SSSR count). The molecular weight excluding hydrogens is 386 g/mol. The van der Waals surface area contributed by atoms with Crippen LogP contribution in [0.15, 0.2) is 71.6 Å². The van der Waals surface area contributed by atoms with E-state index in [0.29, 0.717) is 18.0 Å². The number of hydrogen-bond donors (Lipinski definition) is 2. The van der Waals surface area contributed by atoms with E-state index < -0.39 is 5.97 Å². The van der Waals surface area contributed by atoms with Crippen LogP contribution in [0.25, 0.3) is 11.1 Å². The Balaban J connectivity index is 1.66. The van der Waals surface area contributed by atoms with Crippen molar-refractivity contribution >= 4 is 23.4 Å². The summed E-state index contributed by atoms with van der Waals surface area (Å²) in [5.74, 6) is 0.662. The van der Waals surface area contributed by atoms with Crippen LogP contribution in [0.5, 0.6) is 11.5 Å². The molecule has 0 heterocycles. The number of methoxy groups -OCH3 is 2. The van der Waals surface area contributed by atoms with Gasteiger partial charge in [-0.2, -0.15) is 0 Å². The minimum atomic E-state index is -0.813. The largest absolute Gasteiger partial charge is 0.493 e. The number of nitrogens with one attached hydrogen (secondary N) is 1. The lowest BCUT2D eigenvalue weighted by Gasteiger charge is -2.11. The Labute approximate surface area is 174 Å². The van der Waals surface area contributed by atoms with Gasteiger partial charge in [0.15, 0.2) is 11.5 Å². The highest BCUT2D eigenvalue weighted by molar-refractivity contribution is 8.00. The first kappa shape index (κ1) is 20.6. The molecule has 0 fully saturated rings. The van der Waals surface area contributed by atoms with E-state index in [2.05, 4.69) is 23.5 Å². The van der Waals surface area contributed by atoms with Crippen LogP contribution in [-0.2, 0) is 11.3 Å². The van der Waals surface area contributed by atoms with E-state index >= 15 is 0 Å². The lowest BCUT2D eigenvalue weighted by molar-refractivity contribution is -0.133. The second-order valence-electron chi connectivity index (χ2n) is 6.33. The molecule has 29 heavy (non-hydrogen) atoms. The number of rotatable bonds is 9. The zero-order valence-electron chi connectivity index (χ0n) is 16.3. The van der Waals surface area contributed by atoms with Crippen molar-refractivity contribution in [2.45, 2.75) is 11.4 Å². The highest BCUT2D eigenvalue weighted by Gasteiger charge is 2.07. The summed E-state index contributed by atoms with van der Waals surface area (Å²) in [4.78, 5) is 11.6. The summed E-state index contributed by atoms with van der Waals surface area (Å²) in [6.07, 6.45) is 0. The Morgan fingerprint density at radius 2 is 1.66 bits per heavy atom. The Bertz CT molecular complexity index is 973. The summed E-state index contributed by atoms with van der Waals surface area (Å²) >= 11 is 1.31. The van der Waals surface area contributed by atoms with Gasteiger partial charge in [0.2, 0.25) is 0 Å². The van der Waals surface area contributed by atoms with Crippen molar-refractivity contribution in [2.24, 2.45) is 0 Å². The quantitative estimate of drug-likeness (QED) is 0.476. The number of carboxylic acids is 1. The van der Waals surface area contributed by atoms with Crippen molar-refractivity contribution < 1.29 is 19.4 Å². The molecule has 3 aromatic carbocycles. The summed E-state index contributed by atoms with van der Waals surface area (Å²) < 4.78 is 10.7. The molecule has 0 bridgehead atoms. The van der Waals surface area contributed by atoms with Gasteiger partial charge in [-0.1, -0.05) is 24.3 Å². The molecule has 0 spiro atoms. The zero-order chi connectivity index (χ0) is 20.6. The molecule has 0 unspecified atom stereocenters. The molecule has 150 valence electrons. The summed E-state index contributed by atoms with van der Waals surface area (Å²) in [6.45, 7) is 0.683. The van der Waals surface area contributed by atoms with Crippen molar-refractivity contribution in [2.75, 3.05) is 25.3 Å². The third kappa shape index (κ3) is 5.68. The van der Waals surface area contributed by atoms with Crippen molar-refractivity contribution in [3.63, 3.8) is 0 Å². The lowest BCUT2D eigenvalue weighted by atomic mass is 10.0. The number of anilines is 1. The normalized spacial score (nSPS) is 10.4. The maximum Gasteiger partial charge on any atom is 0.313 e. The van der Waals surface area contributed by atoms with Crippen LogP contribution < -0.4 is 14.8 Å². The Kier molecular flexibility index (Phi) is 7.03. The van der Waals surface area contributed by atoms with Crippen molar-refractivity contribution in [3.05, 3.63) is 72.3 Å². The van der Waals surface area contributed by atoms with E-state index in [1.165, 1.54) is 11.8 Å². The van der Waals surface area contributed by atoms with Gasteiger partial charge in [-0.3, -0.25) is 4.79 Å². The van der Waals surface area contributed by atoms with Crippen LogP contribution in [0.4, 0.5) is 5.69 Å². The van der Waals surface area contributed by atoms with Crippen LogP contribution in [0.1, 0.15) is 5.56 Å². The van der Waals surface area contributed by atoms with Gasteiger partial charge < -0.3 is 19.9 Å². The molecule has 0 saturated carbocycles. The topological polar surface area (TPSA) is 67.8 Å². The van der Waals surface area contributed by atoms with Gasteiger partial charge in [-0.25, -0.2) is 0 Å². The molecule has 0 aliphatic rings. The number of carboxylic acid groups (broad SMARTS) is 1. The van der Waals surface area contributed by atoms with Crippen LogP contribution in [0.3, 0.4) is 0 Å². The first-order chi connectivity index (χ1) is 14.1. The van der Waals surface area contributed by atoms with Crippen molar-refractivity contribution in [1.82, 2.24) is 0 Å². The maximum atomic E-state index is 10.7. The number of aliphatic carboxylic acids is 1. The van der Waals surface area contributed by atoms with Gasteiger partial charge in [0.25, 0.3) is 0 Å². The van der Waals surface area contributed by atoms with Crippen LogP contribution in [0.2, 0.25) is 0 Å². The highest BCUT2D eigenvalue weighted by Crippen LogP contribution is 2.32. The fourth-order valence-corrected chi connectivity index (χ4v) is 3.51. The Morgan fingerprint density at radius 1 is 0.931 bits per heavy atom. The summed E-state index contributed by atoms with van der Waals surface area (Å²) in [6, 6.07) is 22.0. The van der Waals surface area contributed by atoms with Crippen LogP contribution in [0, 0.1) is 0 Å². The first-order valence-electron chi connectivity index (χ1n) is 9.09. The number of ether oxygens (including phenoxy) is 2. The van der Waals surface area contributed by atoms with E-state index in [0.717, 1.165) is 27.3 Å². The number of carbonyl (C=O) groups is 1. The fraction of sp³-hybridized carbons (Fsp3) is 0.174. The standard InChI is InChI=1S/C23H23NO4S/c1-27-21-11-6-18(13-22(21)28-2)17-5-3-4-16(12-17)14-24-19-7-9-20(10-8-19)29-15-23(25)26/h3-13,24H,14-15H2,1-2H3,(H,25,26). The predicted molar refractivity (Wildman–Crippen MR) is 117 cm³/mol. The van der Waals surface area contributed by atoms with E-state index in [-0.39, 0.29) is 5.75 Å². The average Bonchev–Trinajstić information content (AvgIpc) is 2.76. The molecule has 6 heteroatoms. The van der Waals surface area contributed by atoms with Crippen molar-refractivity contribution in [1.29, 1.82) is 0 Å². The van der Waals surface area contributed by atoms with Gasteiger partial charge in [0, 0.05) is 17.1 Å². The van der Waals surface area contributed by atoms with Gasteiger partial charge in [-0.05, 0) is 59.2 Å². The SMILES string of the molecule is COc1ccc(-c2cccc(CNc3ccc(SCC(=O)O)cc3)c2)cc1OC. The average molecular weight is 410 g/mol. The van der Waals surface area contributed by atoms with Gasteiger partial charge in [0.1, 0.15) is 0 Å². The van der Waals surface area contributed by atoms with Crippen LogP contribution in [-0.4, -0.2) is 31.0 Å². The molecule has 5 nitrogen and oxygen atoms in total. The lowest BCUT2D eigenvalue weighted by Crippen LogP contribution is -2.00. The predicted octanol–water partition coefficient (Wildman–Crippen LogP) is 5.16. The maximum absolute atomic E-state index is 10.7. The monoisotopic (exact) mass is 409 g/mol. The Morgan fingerprint density at radius 3 is 2.34 bits per heavy atom. The molecule has 0 aliphatic heterocycles. The molecule has 3 aromatic rings. The van der Waals surface area contributed by atoms with Crippen molar-refractivity contribution in [3.8, 4) is 22.6 Å². The molecule has 0 amide bonds. The number of thioether (sulfide) groups is 1. The molecule has 0 aliphatic carbocycles. The highest BCUT2D eigenvalue weighted by atomic mass is 32.2. The molecule has 2 N–H and O–H groups in total. The van der Waals surface area contributed by atoms with Gasteiger partial charge in [-0.15, -0.1) is 11.8 Å². The van der Waals surface area contributed by atoms with E-state index in [9.17, 15) is 4.79 Å². The number of hydrogen-bond acceptors (Lipinski definition) is 5. The van der Waals surface area contributed by atoms with E-state index in [1.807, 2.05) is 48.5 Å². The molecule has 0 radical (unpaired) electrons. The van der Waals surface area contributed by atoms with Gasteiger partial charge >= 0.3 is 5.97 Å². The molecule has 0 atom stereocenters. The second kappa shape index (κ2) is 9.89. The molecule has 0 saturated heterocycles. The van der Waals surface area contributed by atoms with Gasteiger partial charge in [0.05, 0.1) is 20.0 Å². The molecular formula is C23H23NO4S. The minimum Gasteiger partial charge on any atom is -0.493 e. The van der Waals surface area contributed by atoms with E-state index in [1.54, 1.807) is 14.2 Å².